The summed E-state index contributed by atoms with van der Waals surface area (Å²) in [6.45, 7) is 0. The Kier molecular flexibility index (Phi) is 3.12. The van der Waals surface area contributed by atoms with Gasteiger partial charge in [0.05, 0.1) is 11.6 Å². The van der Waals surface area contributed by atoms with Crippen molar-refractivity contribution in [2.45, 2.75) is 25.1 Å². The van der Waals surface area contributed by atoms with Crippen molar-refractivity contribution < 1.29 is 13.2 Å². The van der Waals surface area contributed by atoms with E-state index >= 15 is 0 Å². The summed E-state index contributed by atoms with van der Waals surface area (Å²) in [7, 11) is 0. The highest BCUT2D eigenvalue weighted by Crippen LogP contribution is 2.38. The lowest BCUT2D eigenvalue weighted by Gasteiger charge is -2.28. The number of halogens is 3. The second-order valence-electron chi connectivity index (χ2n) is 4.85. The van der Waals surface area contributed by atoms with Gasteiger partial charge in [-0.3, -0.25) is 4.98 Å². The van der Waals surface area contributed by atoms with E-state index in [0.29, 0.717) is 6.42 Å². The summed E-state index contributed by atoms with van der Waals surface area (Å²) >= 11 is 0. The standard InChI is InChI=1S/C15H13F3N2/c16-15(17,18)12-7-8-19-9-11(12)14-6-5-10-3-1-2-4-13(10)20-14/h1-4,7-9,14,20H,5-6H2. The number of hydrogen-bond acceptors (Lipinski definition) is 2. The highest BCUT2D eigenvalue weighted by Gasteiger charge is 2.35. The van der Waals surface area contributed by atoms with Crippen LogP contribution >= 0.6 is 0 Å². The van der Waals surface area contributed by atoms with E-state index in [4.69, 9.17) is 0 Å². The van der Waals surface area contributed by atoms with E-state index in [1.54, 1.807) is 0 Å². The van der Waals surface area contributed by atoms with Gasteiger partial charge in [0.25, 0.3) is 0 Å². The number of alkyl halides is 3. The largest absolute Gasteiger partial charge is 0.416 e. The van der Waals surface area contributed by atoms with Crippen molar-refractivity contribution in [1.29, 1.82) is 0 Å². The number of aromatic nitrogens is 1. The van der Waals surface area contributed by atoms with Gasteiger partial charge in [0, 0.05) is 23.6 Å². The molecule has 0 bridgehead atoms. The molecule has 1 N–H and O–H groups in total. The maximum Gasteiger partial charge on any atom is 0.416 e. The Morgan fingerprint density at radius 2 is 1.95 bits per heavy atom. The summed E-state index contributed by atoms with van der Waals surface area (Å²) in [6.07, 6.45) is -0.458. The molecule has 0 saturated carbocycles. The molecule has 0 saturated heterocycles. The molecular weight excluding hydrogens is 265 g/mol. The zero-order valence-electron chi connectivity index (χ0n) is 10.6. The minimum atomic E-state index is -4.35. The summed E-state index contributed by atoms with van der Waals surface area (Å²) in [5.74, 6) is 0. The van der Waals surface area contributed by atoms with Crippen LogP contribution < -0.4 is 5.32 Å². The molecule has 0 aliphatic carbocycles. The van der Waals surface area contributed by atoms with E-state index in [2.05, 4.69) is 10.3 Å². The van der Waals surface area contributed by atoms with Crippen LogP contribution in [0, 0.1) is 0 Å². The fraction of sp³-hybridized carbons (Fsp3) is 0.267. The van der Waals surface area contributed by atoms with E-state index in [9.17, 15) is 13.2 Å². The number of rotatable bonds is 1. The van der Waals surface area contributed by atoms with Gasteiger partial charge in [-0.15, -0.1) is 0 Å². The molecule has 5 heteroatoms. The van der Waals surface area contributed by atoms with Crippen molar-refractivity contribution in [3.63, 3.8) is 0 Å². The molecule has 0 radical (unpaired) electrons. The number of nitrogens with one attached hydrogen (secondary N) is 1. The number of aryl methyl sites for hydroxylation is 1. The Bertz CT molecular complexity index is 623. The van der Waals surface area contributed by atoms with Crippen molar-refractivity contribution in [1.82, 2.24) is 4.98 Å². The van der Waals surface area contributed by atoms with Crippen molar-refractivity contribution in [2.24, 2.45) is 0 Å². The lowest BCUT2D eigenvalue weighted by molar-refractivity contribution is -0.138. The maximum absolute atomic E-state index is 13.0. The molecular formula is C15H13F3N2. The molecule has 1 atom stereocenters. The number of anilines is 1. The lowest BCUT2D eigenvalue weighted by atomic mass is 9.92. The van der Waals surface area contributed by atoms with E-state index in [-0.39, 0.29) is 11.6 Å². The summed E-state index contributed by atoms with van der Waals surface area (Å²) in [4.78, 5) is 3.85. The summed E-state index contributed by atoms with van der Waals surface area (Å²) in [5, 5.41) is 3.19. The highest BCUT2D eigenvalue weighted by atomic mass is 19.4. The van der Waals surface area contributed by atoms with Gasteiger partial charge in [-0.05, 0) is 30.5 Å². The number of fused-ring (bicyclic) bond motifs is 1. The number of hydrogen-bond donors (Lipinski definition) is 1. The van der Waals surface area contributed by atoms with Crippen LogP contribution in [0.25, 0.3) is 0 Å². The molecule has 0 spiro atoms. The van der Waals surface area contributed by atoms with Crippen molar-refractivity contribution in [2.75, 3.05) is 5.32 Å². The van der Waals surface area contributed by atoms with Crippen LogP contribution in [0.4, 0.5) is 18.9 Å². The molecule has 20 heavy (non-hydrogen) atoms. The Labute approximate surface area is 114 Å². The van der Waals surface area contributed by atoms with Crippen LogP contribution in [-0.2, 0) is 12.6 Å². The Morgan fingerprint density at radius 3 is 2.75 bits per heavy atom. The van der Waals surface area contributed by atoms with Gasteiger partial charge in [-0.25, -0.2) is 0 Å². The fourth-order valence-electron chi connectivity index (χ4n) is 2.61. The van der Waals surface area contributed by atoms with Crippen LogP contribution in [0.5, 0.6) is 0 Å². The number of para-hydroxylation sites is 1. The molecule has 1 aliphatic heterocycles. The van der Waals surface area contributed by atoms with Gasteiger partial charge in [-0.2, -0.15) is 13.2 Å². The van der Waals surface area contributed by atoms with Gasteiger partial charge in [0.1, 0.15) is 0 Å². The van der Waals surface area contributed by atoms with E-state index in [1.807, 2.05) is 24.3 Å². The molecule has 104 valence electrons. The average molecular weight is 278 g/mol. The van der Waals surface area contributed by atoms with Crippen molar-refractivity contribution >= 4 is 5.69 Å². The topological polar surface area (TPSA) is 24.9 Å². The van der Waals surface area contributed by atoms with E-state index in [1.165, 1.54) is 12.4 Å². The first-order chi connectivity index (χ1) is 9.55. The average Bonchev–Trinajstić information content (AvgIpc) is 2.46. The van der Waals surface area contributed by atoms with Gasteiger partial charge in [0.2, 0.25) is 0 Å². The zero-order chi connectivity index (χ0) is 14.2. The smallest absolute Gasteiger partial charge is 0.378 e. The Morgan fingerprint density at radius 1 is 1.15 bits per heavy atom. The minimum absolute atomic E-state index is 0.217. The fourth-order valence-corrected chi connectivity index (χ4v) is 2.61. The summed E-state index contributed by atoms with van der Waals surface area (Å²) in [5.41, 5.74) is 1.65. The zero-order valence-corrected chi connectivity index (χ0v) is 10.6. The van der Waals surface area contributed by atoms with Crippen molar-refractivity contribution in [3.8, 4) is 0 Å². The monoisotopic (exact) mass is 278 g/mol. The molecule has 0 fully saturated rings. The predicted octanol–water partition coefficient (Wildman–Crippen LogP) is 4.20. The SMILES string of the molecule is FC(F)(F)c1ccncc1C1CCc2ccccc2N1. The molecule has 3 rings (SSSR count). The molecule has 2 aromatic rings. The van der Waals surface area contributed by atoms with Gasteiger partial charge in [0.15, 0.2) is 0 Å². The van der Waals surface area contributed by atoms with E-state index < -0.39 is 11.7 Å². The van der Waals surface area contributed by atoms with Gasteiger partial charge < -0.3 is 5.32 Å². The molecule has 1 aliphatic rings. The first-order valence-electron chi connectivity index (χ1n) is 6.41. The molecule has 0 amide bonds. The van der Waals surface area contributed by atoms with E-state index in [0.717, 1.165) is 23.7 Å². The van der Waals surface area contributed by atoms with Crippen LogP contribution in [0.15, 0.2) is 42.7 Å². The minimum Gasteiger partial charge on any atom is -0.378 e. The second kappa shape index (κ2) is 4.81. The number of benzene rings is 1. The van der Waals surface area contributed by atoms with Crippen LogP contribution in [0.1, 0.15) is 29.2 Å². The Hall–Kier alpha value is -2.04. The quantitative estimate of drug-likeness (QED) is 0.845. The number of pyridine rings is 1. The highest BCUT2D eigenvalue weighted by molar-refractivity contribution is 5.55. The second-order valence-corrected chi connectivity index (χ2v) is 4.85. The van der Waals surface area contributed by atoms with Crippen LogP contribution in [0.2, 0.25) is 0 Å². The first-order valence-corrected chi connectivity index (χ1v) is 6.41. The lowest BCUT2D eigenvalue weighted by Crippen LogP contribution is -2.21. The third-order valence-corrected chi connectivity index (χ3v) is 3.58. The third-order valence-electron chi connectivity index (χ3n) is 3.58. The van der Waals surface area contributed by atoms with Gasteiger partial charge >= 0.3 is 6.18 Å². The summed E-state index contributed by atoms with van der Waals surface area (Å²) in [6, 6.07) is 8.39. The normalized spacial score (nSPS) is 18.2. The first kappa shape index (κ1) is 13.0. The maximum atomic E-state index is 13.0. The molecule has 2 nitrogen and oxygen atoms in total. The molecule has 2 heterocycles. The third kappa shape index (κ3) is 2.35. The molecule has 1 aromatic heterocycles. The Balaban J connectivity index is 1.96. The summed E-state index contributed by atoms with van der Waals surface area (Å²) < 4.78 is 39.1. The van der Waals surface area contributed by atoms with Crippen molar-refractivity contribution in [3.05, 3.63) is 59.4 Å². The van der Waals surface area contributed by atoms with Crippen LogP contribution in [-0.4, -0.2) is 4.98 Å². The molecule has 1 unspecified atom stereocenters. The molecule has 1 aromatic carbocycles. The van der Waals surface area contributed by atoms with Gasteiger partial charge in [-0.1, -0.05) is 18.2 Å². The van der Waals surface area contributed by atoms with Crippen LogP contribution in [0.3, 0.4) is 0 Å². The number of nitrogens with zero attached hydrogens (tertiary/aromatic N) is 1. The predicted molar refractivity (Wildman–Crippen MR) is 70.4 cm³/mol.